The van der Waals surface area contributed by atoms with Gasteiger partial charge in [-0.25, -0.2) is 14.8 Å². The molecule has 202 valence electrons. The molecule has 0 amide bonds. The number of aromatic nitrogens is 3. The Morgan fingerprint density at radius 1 is 1.11 bits per heavy atom. The molecular formula is C29H38N6O3. The summed E-state index contributed by atoms with van der Waals surface area (Å²) < 4.78 is 5.98. The molecular weight excluding hydrogens is 480 g/mol. The van der Waals surface area contributed by atoms with Crippen LogP contribution in [0.15, 0.2) is 54.9 Å². The molecule has 4 heterocycles. The summed E-state index contributed by atoms with van der Waals surface area (Å²) in [6.45, 7) is 5.62. The van der Waals surface area contributed by atoms with E-state index in [1.807, 2.05) is 31.2 Å². The Morgan fingerprint density at radius 2 is 2.00 bits per heavy atom. The van der Waals surface area contributed by atoms with Gasteiger partial charge in [-0.15, -0.1) is 0 Å². The Hall–Kier alpha value is -3.72. The van der Waals surface area contributed by atoms with Crippen molar-refractivity contribution in [1.82, 2.24) is 19.9 Å². The highest BCUT2D eigenvalue weighted by molar-refractivity contribution is 5.76. The Morgan fingerprint density at radius 3 is 2.82 bits per heavy atom. The molecule has 3 aromatic heterocycles. The Labute approximate surface area is 224 Å². The van der Waals surface area contributed by atoms with Crippen LogP contribution in [0.3, 0.4) is 0 Å². The number of hydrogen-bond acceptors (Lipinski definition) is 8. The summed E-state index contributed by atoms with van der Waals surface area (Å²) in [4.78, 5) is 27.5. The molecule has 0 bridgehead atoms. The van der Waals surface area contributed by atoms with E-state index in [4.69, 9.17) is 9.72 Å². The van der Waals surface area contributed by atoms with Gasteiger partial charge in [-0.1, -0.05) is 12.1 Å². The largest absolute Gasteiger partial charge is 0.490 e. The average Bonchev–Trinajstić information content (AvgIpc) is 2.94. The van der Waals surface area contributed by atoms with E-state index in [0.717, 1.165) is 68.1 Å². The number of nitrogens with one attached hydrogen (secondary N) is 2. The van der Waals surface area contributed by atoms with Crippen molar-refractivity contribution < 1.29 is 14.6 Å². The van der Waals surface area contributed by atoms with Gasteiger partial charge in [0.05, 0.1) is 5.69 Å². The van der Waals surface area contributed by atoms with Gasteiger partial charge in [0, 0.05) is 37.7 Å². The Bertz CT molecular complexity index is 1160. The zero-order valence-electron chi connectivity index (χ0n) is 22.1. The van der Waals surface area contributed by atoms with Crippen LogP contribution in [-0.2, 0) is 17.6 Å². The molecule has 1 aliphatic rings. The molecule has 0 radical (unpaired) electrons. The van der Waals surface area contributed by atoms with E-state index in [0.29, 0.717) is 31.9 Å². The van der Waals surface area contributed by atoms with Crippen LogP contribution in [0.25, 0.3) is 0 Å². The number of ether oxygens (including phenoxy) is 1. The van der Waals surface area contributed by atoms with E-state index in [-0.39, 0.29) is 0 Å². The minimum Gasteiger partial charge on any atom is -0.490 e. The van der Waals surface area contributed by atoms with Gasteiger partial charge in [0.15, 0.2) is 0 Å². The first-order valence-electron chi connectivity index (χ1n) is 13.5. The van der Waals surface area contributed by atoms with Gasteiger partial charge in [0.25, 0.3) is 0 Å². The molecule has 1 atom stereocenters. The molecule has 0 fully saturated rings. The molecule has 9 heteroatoms. The number of carbonyl (C=O) groups is 1. The summed E-state index contributed by atoms with van der Waals surface area (Å²) in [5.74, 6) is 1.50. The third-order valence-electron chi connectivity index (χ3n) is 6.75. The summed E-state index contributed by atoms with van der Waals surface area (Å²) in [6.07, 6.45) is 9.04. The third-order valence-corrected chi connectivity index (χ3v) is 6.75. The van der Waals surface area contributed by atoms with Gasteiger partial charge in [0.2, 0.25) is 0 Å². The van der Waals surface area contributed by atoms with Crippen molar-refractivity contribution in [2.45, 2.75) is 51.5 Å². The first-order chi connectivity index (χ1) is 18.6. The van der Waals surface area contributed by atoms with Crippen molar-refractivity contribution >= 4 is 17.6 Å². The van der Waals surface area contributed by atoms with Crippen molar-refractivity contribution in [1.29, 1.82) is 0 Å². The molecule has 3 N–H and O–H groups in total. The number of aliphatic carboxylic acids is 1. The van der Waals surface area contributed by atoms with E-state index in [9.17, 15) is 9.90 Å². The van der Waals surface area contributed by atoms with Crippen molar-refractivity contribution in [2.24, 2.45) is 0 Å². The smallest absolute Gasteiger partial charge is 0.326 e. The predicted molar refractivity (Wildman–Crippen MR) is 149 cm³/mol. The number of anilines is 2. The SMILES string of the molecule is Cc1ncccc1OCCN(CCCCc1ccc2c(n1)NCCC2)CC[C@H](Nc1ccccn1)C(=O)O. The quantitative estimate of drug-likeness (QED) is 0.255. The van der Waals surface area contributed by atoms with Crippen molar-refractivity contribution in [3.8, 4) is 5.75 Å². The maximum absolute atomic E-state index is 11.9. The normalized spacial score (nSPS) is 13.4. The number of pyridine rings is 3. The molecule has 0 aromatic carbocycles. The number of fused-ring (bicyclic) bond motifs is 1. The lowest BCUT2D eigenvalue weighted by atomic mass is 10.1. The van der Waals surface area contributed by atoms with E-state index in [1.54, 1.807) is 18.5 Å². The zero-order chi connectivity index (χ0) is 26.6. The monoisotopic (exact) mass is 518 g/mol. The number of nitrogens with zero attached hydrogens (tertiary/aromatic N) is 4. The number of unbranched alkanes of at least 4 members (excludes halogenated alkanes) is 1. The zero-order valence-corrected chi connectivity index (χ0v) is 22.1. The fraction of sp³-hybridized carbons (Fsp3) is 0.448. The summed E-state index contributed by atoms with van der Waals surface area (Å²) >= 11 is 0. The maximum atomic E-state index is 11.9. The lowest BCUT2D eigenvalue weighted by molar-refractivity contribution is -0.138. The molecule has 0 unspecified atom stereocenters. The number of hydrogen-bond donors (Lipinski definition) is 3. The lowest BCUT2D eigenvalue weighted by Crippen LogP contribution is -2.37. The summed E-state index contributed by atoms with van der Waals surface area (Å²) in [5, 5.41) is 16.2. The topological polar surface area (TPSA) is 113 Å². The molecule has 1 aliphatic heterocycles. The van der Waals surface area contributed by atoms with Gasteiger partial charge in [-0.3, -0.25) is 9.88 Å². The van der Waals surface area contributed by atoms with E-state index in [1.165, 1.54) is 5.56 Å². The minimum atomic E-state index is -0.884. The van der Waals surface area contributed by atoms with Gasteiger partial charge < -0.3 is 20.5 Å². The van der Waals surface area contributed by atoms with Gasteiger partial charge in [-0.05, 0) is 87.9 Å². The van der Waals surface area contributed by atoms with Crippen LogP contribution in [0, 0.1) is 6.92 Å². The molecule has 0 aliphatic carbocycles. The van der Waals surface area contributed by atoms with Crippen LogP contribution < -0.4 is 15.4 Å². The third kappa shape index (κ3) is 8.41. The summed E-state index contributed by atoms with van der Waals surface area (Å²) in [7, 11) is 0. The van der Waals surface area contributed by atoms with Crippen LogP contribution in [0.1, 0.15) is 42.6 Å². The standard InChI is InChI=1S/C29H38N6O3/c1-22-26(10-7-16-30-22)38-21-20-35(19-14-25(29(36)37)34-27-11-2-4-15-31-27)18-5-3-9-24-13-12-23-8-6-17-32-28(23)33-24/h2,4,7,10-13,15-16,25H,3,5-6,8-9,14,17-21H2,1H3,(H,31,34)(H,32,33)(H,36,37)/t25-/m0/s1. The summed E-state index contributed by atoms with van der Waals surface area (Å²) in [5.41, 5.74) is 3.28. The van der Waals surface area contributed by atoms with Gasteiger partial charge in [0.1, 0.15) is 30.0 Å². The van der Waals surface area contributed by atoms with Crippen LogP contribution in [0.4, 0.5) is 11.6 Å². The second-order valence-electron chi connectivity index (χ2n) is 9.61. The fourth-order valence-electron chi connectivity index (χ4n) is 4.59. The number of rotatable bonds is 15. The van der Waals surface area contributed by atoms with Crippen LogP contribution in [0.5, 0.6) is 5.75 Å². The van der Waals surface area contributed by atoms with Crippen LogP contribution >= 0.6 is 0 Å². The maximum Gasteiger partial charge on any atom is 0.326 e. The molecule has 9 nitrogen and oxygen atoms in total. The number of aryl methyl sites for hydroxylation is 3. The van der Waals surface area contributed by atoms with Crippen molar-refractivity contribution in [3.05, 3.63) is 71.8 Å². The van der Waals surface area contributed by atoms with E-state index in [2.05, 4.69) is 37.6 Å². The average molecular weight is 519 g/mol. The van der Waals surface area contributed by atoms with E-state index >= 15 is 0 Å². The number of carboxylic acids is 1. The first kappa shape index (κ1) is 27.3. The molecule has 0 spiro atoms. The second kappa shape index (κ2) is 14.3. The molecule has 0 saturated carbocycles. The Balaban J connectivity index is 1.30. The molecule has 4 rings (SSSR count). The predicted octanol–water partition coefficient (Wildman–Crippen LogP) is 4.20. The van der Waals surface area contributed by atoms with Crippen molar-refractivity contribution in [3.63, 3.8) is 0 Å². The number of carboxylic acid groups (broad SMARTS) is 1. The lowest BCUT2D eigenvalue weighted by Gasteiger charge is -2.25. The highest BCUT2D eigenvalue weighted by Gasteiger charge is 2.19. The highest BCUT2D eigenvalue weighted by Crippen LogP contribution is 2.20. The van der Waals surface area contributed by atoms with Gasteiger partial charge in [-0.2, -0.15) is 0 Å². The van der Waals surface area contributed by atoms with Crippen LogP contribution in [-0.4, -0.2) is 69.8 Å². The van der Waals surface area contributed by atoms with Gasteiger partial charge >= 0.3 is 5.97 Å². The highest BCUT2D eigenvalue weighted by atomic mass is 16.5. The van der Waals surface area contributed by atoms with Crippen molar-refractivity contribution in [2.75, 3.05) is 43.4 Å². The fourth-order valence-corrected chi connectivity index (χ4v) is 4.59. The van der Waals surface area contributed by atoms with Crippen LogP contribution in [0.2, 0.25) is 0 Å². The summed E-state index contributed by atoms with van der Waals surface area (Å²) in [6, 6.07) is 12.8. The molecule has 38 heavy (non-hydrogen) atoms. The molecule has 3 aromatic rings. The molecule has 0 saturated heterocycles. The first-order valence-corrected chi connectivity index (χ1v) is 13.5. The second-order valence-corrected chi connectivity index (χ2v) is 9.61. The Kier molecular flexibility index (Phi) is 10.3. The minimum absolute atomic E-state index is 0.454. The van der Waals surface area contributed by atoms with E-state index < -0.39 is 12.0 Å².